The zero-order valence-electron chi connectivity index (χ0n) is 13.7. The molecule has 4 rings (SSSR count). The number of fused-ring (bicyclic) bond motifs is 1. The first-order valence-electron chi connectivity index (χ1n) is 8.08. The Balaban J connectivity index is 1.81. The lowest BCUT2D eigenvalue weighted by atomic mass is 10.2. The molecule has 1 amide bonds. The second-order valence-electron chi connectivity index (χ2n) is 6.26. The number of methoxy groups -OCH3 is 1. The first-order valence-corrected chi connectivity index (χ1v) is 9.34. The second-order valence-corrected chi connectivity index (χ2v) is 7.62. The standard InChI is InChI=1S/C18H19ClN2O2S/c1-11-7-9-24-16(11)17-20-8-3-4-14(20)18(22)21(17)12-5-6-15(23-2)13(19)10-12/h5-7,9-10,14,17H,3-4,8H2,1-2H3. The van der Waals surface area contributed by atoms with E-state index in [-0.39, 0.29) is 18.1 Å². The number of benzene rings is 1. The summed E-state index contributed by atoms with van der Waals surface area (Å²) < 4.78 is 5.24. The first-order chi connectivity index (χ1) is 11.6. The van der Waals surface area contributed by atoms with Crippen LogP contribution in [0.5, 0.6) is 5.75 Å². The maximum atomic E-state index is 13.1. The Morgan fingerprint density at radius 3 is 2.83 bits per heavy atom. The number of anilines is 1. The molecule has 6 heteroatoms. The Bertz CT molecular complexity index is 791. The Labute approximate surface area is 150 Å². The van der Waals surface area contributed by atoms with Crippen LogP contribution in [0.1, 0.15) is 29.4 Å². The van der Waals surface area contributed by atoms with E-state index in [0.717, 1.165) is 25.1 Å². The van der Waals surface area contributed by atoms with Gasteiger partial charge in [0, 0.05) is 17.1 Å². The van der Waals surface area contributed by atoms with E-state index in [0.29, 0.717) is 10.8 Å². The van der Waals surface area contributed by atoms with E-state index in [1.165, 1.54) is 10.4 Å². The van der Waals surface area contributed by atoms with Crippen molar-refractivity contribution in [1.29, 1.82) is 0 Å². The SMILES string of the molecule is COc1ccc(N2C(=O)C3CCCN3C2c2sccc2C)cc1Cl. The molecule has 0 saturated carbocycles. The van der Waals surface area contributed by atoms with Gasteiger partial charge in [-0.25, -0.2) is 0 Å². The van der Waals surface area contributed by atoms with E-state index in [1.807, 2.05) is 23.1 Å². The van der Waals surface area contributed by atoms with Gasteiger partial charge in [-0.3, -0.25) is 14.6 Å². The van der Waals surface area contributed by atoms with Gasteiger partial charge >= 0.3 is 0 Å². The van der Waals surface area contributed by atoms with Gasteiger partial charge in [-0.05, 0) is 55.0 Å². The summed E-state index contributed by atoms with van der Waals surface area (Å²) in [7, 11) is 1.59. The quantitative estimate of drug-likeness (QED) is 0.819. The Morgan fingerprint density at radius 1 is 1.33 bits per heavy atom. The molecule has 0 aliphatic carbocycles. The largest absolute Gasteiger partial charge is 0.495 e. The van der Waals surface area contributed by atoms with Gasteiger partial charge in [-0.2, -0.15) is 0 Å². The molecule has 2 atom stereocenters. The third-order valence-electron chi connectivity index (χ3n) is 4.93. The van der Waals surface area contributed by atoms with Crippen molar-refractivity contribution in [3.8, 4) is 5.75 Å². The topological polar surface area (TPSA) is 32.8 Å². The van der Waals surface area contributed by atoms with Gasteiger partial charge in [0.2, 0.25) is 5.91 Å². The molecule has 2 aromatic rings. The number of carbonyl (C=O) groups is 1. The van der Waals surface area contributed by atoms with Crippen LogP contribution in [0.15, 0.2) is 29.6 Å². The van der Waals surface area contributed by atoms with Crippen molar-refractivity contribution in [3.63, 3.8) is 0 Å². The Morgan fingerprint density at radius 2 is 2.17 bits per heavy atom. The molecule has 0 spiro atoms. The van der Waals surface area contributed by atoms with Crippen LogP contribution in [0.2, 0.25) is 5.02 Å². The minimum atomic E-state index is -0.0329. The maximum absolute atomic E-state index is 13.1. The molecule has 3 heterocycles. The highest BCUT2D eigenvalue weighted by Gasteiger charge is 2.50. The average Bonchev–Trinajstić information content (AvgIpc) is 3.25. The van der Waals surface area contributed by atoms with Crippen LogP contribution in [-0.2, 0) is 4.79 Å². The molecule has 2 aliphatic rings. The predicted molar refractivity (Wildman–Crippen MR) is 97.0 cm³/mol. The number of thiophene rings is 1. The number of nitrogens with zero attached hydrogens (tertiary/aromatic N) is 2. The molecule has 1 aromatic heterocycles. The van der Waals surface area contributed by atoms with Crippen LogP contribution in [0.3, 0.4) is 0 Å². The van der Waals surface area contributed by atoms with E-state index in [1.54, 1.807) is 18.4 Å². The fourth-order valence-corrected chi connectivity index (χ4v) is 5.05. The molecule has 0 N–H and O–H groups in total. The number of halogens is 1. The fraction of sp³-hybridized carbons (Fsp3) is 0.389. The van der Waals surface area contributed by atoms with Crippen LogP contribution in [0, 0.1) is 6.92 Å². The molecule has 0 radical (unpaired) electrons. The summed E-state index contributed by atoms with van der Waals surface area (Å²) in [5.74, 6) is 0.794. The Kier molecular flexibility index (Phi) is 4.03. The molecule has 2 aliphatic heterocycles. The number of hydrogen-bond donors (Lipinski definition) is 0. The molecule has 4 nitrogen and oxygen atoms in total. The van der Waals surface area contributed by atoms with Crippen molar-refractivity contribution in [2.75, 3.05) is 18.6 Å². The number of rotatable bonds is 3. The zero-order chi connectivity index (χ0) is 16.8. The minimum absolute atomic E-state index is 0.0163. The fourth-order valence-electron chi connectivity index (χ4n) is 3.77. The highest BCUT2D eigenvalue weighted by Crippen LogP contribution is 2.45. The van der Waals surface area contributed by atoms with Crippen molar-refractivity contribution < 1.29 is 9.53 Å². The van der Waals surface area contributed by atoms with Crippen molar-refractivity contribution in [2.45, 2.75) is 32.0 Å². The van der Waals surface area contributed by atoms with Gasteiger partial charge in [0.1, 0.15) is 11.9 Å². The van der Waals surface area contributed by atoms with Crippen LogP contribution in [0.25, 0.3) is 0 Å². The van der Waals surface area contributed by atoms with Crippen molar-refractivity contribution in [3.05, 3.63) is 45.1 Å². The highest BCUT2D eigenvalue weighted by atomic mass is 35.5. The molecule has 2 saturated heterocycles. The molecule has 0 bridgehead atoms. The summed E-state index contributed by atoms with van der Waals surface area (Å²) in [6.07, 6.45) is 1.98. The van der Waals surface area contributed by atoms with Crippen LogP contribution in [-0.4, -0.2) is 30.5 Å². The summed E-state index contributed by atoms with van der Waals surface area (Å²) in [5.41, 5.74) is 2.06. The van der Waals surface area contributed by atoms with Gasteiger partial charge in [0.15, 0.2) is 0 Å². The number of ether oxygens (including phenoxy) is 1. The predicted octanol–water partition coefficient (Wildman–Crippen LogP) is 4.23. The van der Waals surface area contributed by atoms with Gasteiger partial charge in [-0.1, -0.05) is 11.6 Å². The normalized spacial score (nSPS) is 23.8. The number of aryl methyl sites for hydroxylation is 1. The summed E-state index contributed by atoms with van der Waals surface area (Å²) >= 11 is 8.02. The van der Waals surface area contributed by atoms with E-state index in [9.17, 15) is 4.79 Å². The van der Waals surface area contributed by atoms with Crippen molar-refractivity contribution in [2.24, 2.45) is 0 Å². The van der Waals surface area contributed by atoms with Crippen molar-refractivity contribution in [1.82, 2.24) is 4.90 Å². The molecular formula is C18H19ClN2O2S. The Hall–Kier alpha value is -1.56. The minimum Gasteiger partial charge on any atom is -0.495 e. The summed E-state index contributed by atoms with van der Waals surface area (Å²) in [6.45, 7) is 3.07. The third kappa shape index (κ3) is 2.34. The molecule has 126 valence electrons. The van der Waals surface area contributed by atoms with Crippen LogP contribution < -0.4 is 9.64 Å². The second kappa shape index (κ2) is 6.06. The monoisotopic (exact) mass is 362 g/mol. The lowest BCUT2D eigenvalue weighted by molar-refractivity contribution is -0.119. The van der Waals surface area contributed by atoms with E-state index in [4.69, 9.17) is 16.3 Å². The van der Waals surface area contributed by atoms with Gasteiger partial charge in [-0.15, -0.1) is 11.3 Å². The molecule has 24 heavy (non-hydrogen) atoms. The first kappa shape index (κ1) is 15.9. The molecule has 2 unspecified atom stereocenters. The number of amides is 1. The number of hydrogen-bond acceptors (Lipinski definition) is 4. The van der Waals surface area contributed by atoms with Gasteiger partial charge < -0.3 is 4.74 Å². The summed E-state index contributed by atoms with van der Waals surface area (Å²) in [6, 6.07) is 7.68. The molecule has 1 aromatic carbocycles. The summed E-state index contributed by atoms with van der Waals surface area (Å²) in [5, 5.41) is 2.62. The third-order valence-corrected chi connectivity index (χ3v) is 6.28. The smallest absolute Gasteiger partial charge is 0.246 e. The van der Waals surface area contributed by atoms with Crippen LogP contribution in [0.4, 0.5) is 5.69 Å². The molecule has 2 fully saturated rings. The van der Waals surface area contributed by atoms with E-state index < -0.39 is 0 Å². The van der Waals surface area contributed by atoms with Gasteiger partial charge in [0.05, 0.1) is 18.2 Å². The average molecular weight is 363 g/mol. The zero-order valence-corrected chi connectivity index (χ0v) is 15.2. The van der Waals surface area contributed by atoms with E-state index >= 15 is 0 Å². The lowest BCUT2D eigenvalue weighted by Crippen LogP contribution is -2.32. The summed E-state index contributed by atoms with van der Waals surface area (Å²) in [4.78, 5) is 18.6. The van der Waals surface area contributed by atoms with E-state index in [2.05, 4.69) is 23.3 Å². The number of carbonyl (C=O) groups excluding carboxylic acids is 1. The van der Waals surface area contributed by atoms with Crippen molar-refractivity contribution >= 4 is 34.5 Å². The lowest BCUT2D eigenvalue weighted by Gasteiger charge is -2.29. The van der Waals surface area contributed by atoms with Crippen LogP contribution >= 0.6 is 22.9 Å². The van der Waals surface area contributed by atoms with Gasteiger partial charge in [0.25, 0.3) is 0 Å². The highest BCUT2D eigenvalue weighted by molar-refractivity contribution is 7.10. The molecular weight excluding hydrogens is 344 g/mol. The maximum Gasteiger partial charge on any atom is 0.246 e.